The van der Waals surface area contributed by atoms with E-state index in [0.717, 1.165) is 10.0 Å². The van der Waals surface area contributed by atoms with Gasteiger partial charge in [0, 0.05) is 22.6 Å². The molecule has 0 aromatic heterocycles. The summed E-state index contributed by atoms with van der Waals surface area (Å²) in [6.45, 7) is 2.11. The van der Waals surface area contributed by atoms with Crippen LogP contribution in [-0.4, -0.2) is 0 Å². The molecular formula is C15H14BrF2N. The van der Waals surface area contributed by atoms with Crippen molar-refractivity contribution in [1.82, 2.24) is 5.32 Å². The predicted octanol–water partition coefficient (Wildman–Crippen LogP) is 4.58. The monoisotopic (exact) mass is 325 g/mol. The minimum Gasteiger partial charge on any atom is -0.306 e. The summed E-state index contributed by atoms with van der Waals surface area (Å²) in [6, 6.07) is 11.7. The molecule has 0 aliphatic carbocycles. The number of nitrogens with one attached hydrogen (secondary N) is 1. The van der Waals surface area contributed by atoms with Gasteiger partial charge in [0.05, 0.1) is 0 Å². The lowest BCUT2D eigenvalue weighted by Crippen LogP contribution is -2.20. The molecule has 0 saturated heterocycles. The van der Waals surface area contributed by atoms with Crippen LogP contribution in [0.15, 0.2) is 46.9 Å². The highest BCUT2D eigenvalue weighted by molar-refractivity contribution is 9.10. The van der Waals surface area contributed by atoms with Gasteiger partial charge < -0.3 is 5.32 Å². The molecule has 100 valence electrons. The molecule has 0 radical (unpaired) electrons. The quantitative estimate of drug-likeness (QED) is 0.867. The summed E-state index contributed by atoms with van der Waals surface area (Å²) in [4.78, 5) is 0. The molecule has 2 aromatic rings. The van der Waals surface area contributed by atoms with Gasteiger partial charge in [0.25, 0.3) is 0 Å². The topological polar surface area (TPSA) is 12.0 Å². The van der Waals surface area contributed by atoms with E-state index < -0.39 is 11.6 Å². The molecule has 1 nitrogen and oxygen atoms in total. The van der Waals surface area contributed by atoms with E-state index in [-0.39, 0.29) is 18.2 Å². The maximum Gasteiger partial charge on any atom is 0.130 e. The lowest BCUT2D eigenvalue weighted by Gasteiger charge is -2.16. The highest BCUT2D eigenvalue weighted by atomic mass is 79.9. The van der Waals surface area contributed by atoms with Crippen LogP contribution in [0.25, 0.3) is 0 Å². The smallest absolute Gasteiger partial charge is 0.130 e. The average molecular weight is 326 g/mol. The van der Waals surface area contributed by atoms with Crippen LogP contribution in [0, 0.1) is 11.6 Å². The summed E-state index contributed by atoms with van der Waals surface area (Å²) in [7, 11) is 0. The van der Waals surface area contributed by atoms with Gasteiger partial charge in [0.1, 0.15) is 11.6 Å². The molecular weight excluding hydrogens is 312 g/mol. The van der Waals surface area contributed by atoms with Gasteiger partial charge in [-0.15, -0.1) is 0 Å². The summed E-state index contributed by atoms with van der Waals surface area (Å²) in [6.07, 6.45) is 0. The summed E-state index contributed by atoms with van der Waals surface area (Å²) in [5, 5.41) is 3.13. The van der Waals surface area contributed by atoms with E-state index >= 15 is 0 Å². The highest BCUT2D eigenvalue weighted by Crippen LogP contribution is 2.23. The van der Waals surface area contributed by atoms with Gasteiger partial charge in [0.15, 0.2) is 0 Å². The predicted molar refractivity (Wildman–Crippen MR) is 75.8 cm³/mol. The van der Waals surface area contributed by atoms with E-state index in [1.807, 2.05) is 31.2 Å². The van der Waals surface area contributed by atoms with Gasteiger partial charge in [0.2, 0.25) is 0 Å². The maximum atomic E-state index is 13.5. The summed E-state index contributed by atoms with van der Waals surface area (Å²) >= 11 is 3.46. The molecule has 2 rings (SSSR count). The Morgan fingerprint density at radius 2 is 1.68 bits per heavy atom. The number of hydrogen-bond donors (Lipinski definition) is 1. The first-order valence-corrected chi connectivity index (χ1v) is 6.79. The lowest BCUT2D eigenvalue weighted by molar-refractivity contribution is 0.508. The Morgan fingerprint density at radius 3 is 2.32 bits per heavy atom. The molecule has 4 heteroatoms. The molecule has 0 aliphatic heterocycles. The van der Waals surface area contributed by atoms with Crippen molar-refractivity contribution in [2.45, 2.75) is 19.5 Å². The third kappa shape index (κ3) is 3.39. The number of benzene rings is 2. The molecule has 1 atom stereocenters. The fourth-order valence-electron chi connectivity index (χ4n) is 1.89. The molecule has 0 fully saturated rings. The average Bonchev–Trinajstić information content (AvgIpc) is 2.38. The normalized spacial score (nSPS) is 12.4. The Balaban J connectivity index is 2.09. The van der Waals surface area contributed by atoms with Gasteiger partial charge in [-0.1, -0.05) is 40.2 Å². The van der Waals surface area contributed by atoms with Gasteiger partial charge in [-0.2, -0.15) is 0 Å². The first kappa shape index (κ1) is 14.2. The van der Waals surface area contributed by atoms with Gasteiger partial charge >= 0.3 is 0 Å². The fourth-order valence-corrected chi connectivity index (χ4v) is 2.52. The fraction of sp³-hybridized carbons (Fsp3) is 0.200. The van der Waals surface area contributed by atoms with Gasteiger partial charge in [-0.05, 0) is 30.7 Å². The van der Waals surface area contributed by atoms with Gasteiger partial charge in [-0.25, -0.2) is 8.78 Å². The first-order chi connectivity index (χ1) is 9.09. The van der Waals surface area contributed by atoms with Crippen molar-refractivity contribution in [3.8, 4) is 0 Å². The van der Waals surface area contributed by atoms with Crippen LogP contribution in [0.4, 0.5) is 8.78 Å². The second-order valence-electron chi connectivity index (χ2n) is 4.32. The molecule has 0 heterocycles. The van der Waals surface area contributed by atoms with Crippen LogP contribution in [0.3, 0.4) is 0 Å². The van der Waals surface area contributed by atoms with Crippen molar-refractivity contribution in [1.29, 1.82) is 0 Å². The van der Waals surface area contributed by atoms with E-state index in [1.54, 1.807) is 0 Å². The van der Waals surface area contributed by atoms with Crippen molar-refractivity contribution in [2.75, 3.05) is 0 Å². The standard InChI is InChI=1S/C15H14BrF2N/c1-10(11-5-2-3-6-13(11)16)19-9-12-14(17)7-4-8-15(12)18/h2-8,10,19H,9H2,1H3/t10-/m1/s1. The number of rotatable bonds is 4. The third-order valence-electron chi connectivity index (χ3n) is 3.02. The van der Waals surface area contributed by atoms with Crippen molar-refractivity contribution in [2.24, 2.45) is 0 Å². The number of hydrogen-bond acceptors (Lipinski definition) is 1. The second-order valence-corrected chi connectivity index (χ2v) is 5.18. The molecule has 2 aromatic carbocycles. The van der Waals surface area contributed by atoms with Crippen molar-refractivity contribution >= 4 is 15.9 Å². The van der Waals surface area contributed by atoms with Gasteiger partial charge in [-0.3, -0.25) is 0 Å². The molecule has 0 amide bonds. The Hall–Kier alpha value is -1.26. The molecule has 0 saturated carbocycles. The first-order valence-electron chi connectivity index (χ1n) is 6.00. The molecule has 1 N–H and O–H groups in total. The Bertz CT molecular complexity index is 552. The van der Waals surface area contributed by atoms with Crippen LogP contribution in [-0.2, 0) is 6.54 Å². The molecule has 0 spiro atoms. The maximum absolute atomic E-state index is 13.5. The van der Waals surface area contributed by atoms with Crippen LogP contribution in [0.1, 0.15) is 24.1 Å². The van der Waals surface area contributed by atoms with Crippen molar-refractivity contribution in [3.05, 3.63) is 69.7 Å². The largest absolute Gasteiger partial charge is 0.306 e. The second kappa shape index (κ2) is 6.26. The zero-order chi connectivity index (χ0) is 13.8. The van der Waals surface area contributed by atoms with Crippen molar-refractivity contribution < 1.29 is 8.78 Å². The molecule has 0 unspecified atom stereocenters. The Kier molecular flexibility index (Phi) is 4.66. The summed E-state index contributed by atoms with van der Waals surface area (Å²) < 4.78 is 28.0. The zero-order valence-electron chi connectivity index (χ0n) is 10.5. The zero-order valence-corrected chi connectivity index (χ0v) is 12.0. The highest BCUT2D eigenvalue weighted by Gasteiger charge is 2.12. The van der Waals surface area contributed by atoms with E-state index in [0.29, 0.717) is 0 Å². The van der Waals surface area contributed by atoms with E-state index in [9.17, 15) is 8.78 Å². The van der Waals surface area contributed by atoms with Crippen molar-refractivity contribution in [3.63, 3.8) is 0 Å². The van der Waals surface area contributed by atoms with Crippen LogP contribution >= 0.6 is 15.9 Å². The summed E-state index contributed by atoms with van der Waals surface area (Å²) in [5.74, 6) is -1.04. The molecule has 0 aliphatic rings. The summed E-state index contributed by atoms with van der Waals surface area (Å²) in [5.41, 5.74) is 1.13. The van der Waals surface area contributed by atoms with E-state index in [4.69, 9.17) is 0 Å². The lowest BCUT2D eigenvalue weighted by atomic mass is 10.1. The SMILES string of the molecule is C[C@@H](NCc1c(F)cccc1F)c1ccccc1Br. The minimum absolute atomic E-state index is 0.00502. The van der Waals surface area contributed by atoms with E-state index in [1.165, 1.54) is 18.2 Å². The minimum atomic E-state index is -0.521. The Morgan fingerprint density at radius 1 is 1.05 bits per heavy atom. The number of halogens is 3. The Labute approximate surface area is 119 Å². The van der Waals surface area contributed by atoms with Crippen LogP contribution < -0.4 is 5.32 Å². The van der Waals surface area contributed by atoms with E-state index in [2.05, 4.69) is 21.2 Å². The molecule has 19 heavy (non-hydrogen) atoms. The van der Waals surface area contributed by atoms with Crippen LogP contribution in [0.2, 0.25) is 0 Å². The van der Waals surface area contributed by atoms with Crippen LogP contribution in [0.5, 0.6) is 0 Å². The molecule has 0 bridgehead atoms. The third-order valence-corrected chi connectivity index (χ3v) is 3.74.